The zero-order valence-corrected chi connectivity index (χ0v) is 16.6. The second-order valence-corrected chi connectivity index (χ2v) is 7.21. The maximum absolute atomic E-state index is 15.2. The summed E-state index contributed by atoms with van der Waals surface area (Å²) in [5.74, 6) is 3.77. The van der Waals surface area contributed by atoms with E-state index in [2.05, 4.69) is 16.8 Å². The number of amides is 2. The third-order valence-corrected chi connectivity index (χ3v) is 5.51. The van der Waals surface area contributed by atoms with Gasteiger partial charge in [0.25, 0.3) is 11.8 Å². The van der Waals surface area contributed by atoms with Gasteiger partial charge < -0.3 is 15.6 Å². The summed E-state index contributed by atoms with van der Waals surface area (Å²) in [6.45, 7) is 5.41. The topological polar surface area (TPSA) is 79.2 Å². The number of allylic oxidation sites excluding steroid dienone is 1. The maximum Gasteiger partial charge on any atom is 0.298 e. The molecule has 0 fully saturated rings. The monoisotopic (exact) mass is 381 g/mol. The molecule has 0 aliphatic heterocycles. The number of primary amides is 1. The van der Waals surface area contributed by atoms with E-state index in [-0.39, 0.29) is 17.5 Å². The van der Waals surface area contributed by atoms with Crippen molar-refractivity contribution < 1.29 is 14.0 Å². The number of nitrogens with two attached hydrogens (primary N) is 1. The third-order valence-electron chi connectivity index (χ3n) is 5.51. The van der Waals surface area contributed by atoms with Crippen molar-refractivity contribution in [1.82, 2.24) is 9.88 Å². The highest BCUT2D eigenvalue weighted by molar-refractivity contribution is 6.09. The molecule has 1 aromatic carbocycles. The number of hydrogen-bond donors (Lipinski definition) is 2. The van der Waals surface area contributed by atoms with Gasteiger partial charge in [0, 0.05) is 23.7 Å². The van der Waals surface area contributed by atoms with Gasteiger partial charge in [-0.15, -0.1) is 0 Å². The summed E-state index contributed by atoms with van der Waals surface area (Å²) >= 11 is 0. The Hall–Kier alpha value is -3.07. The number of carbonyl (C=O) groups excluding carboxylic acids is 2. The fraction of sp³-hybridized carbons (Fsp3) is 0.364. The number of fused-ring (bicyclic) bond motifs is 1. The number of likely N-dealkylation sites (N-methyl/N-ethyl adjacent to an activating group) is 1. The predicted molar refractivity (Wildman–Crippen MR) is 108 cm³/mol. The molecule has 3 N–H and O–H groups in total. The Bertz CT molecular complexity index is 1070. The fourth-order valence-electron chi connectivity index (χ4n) is 3.89. The van der Waals surface area contributed by atoms with Gasteiger partial charge >= 0.3 is 0 Å². The molecule has 0 saturated heterocycles. The normalized spacial score (nSPS) is 16.3. The first-order valence-corrected chi connectivity index (χ1v) is 9.28. The highest BCUT2D eigenvalue weighted by Crippen LogP contribution is 2.38. The van der Waals surface area contributed by atoms with E-state index < -0.39 is 11.7 Å². The zero-order valence-electron chi connectivity index (χ0n) is 16.6. The Morgan fingerprint density at radius 3 is 2.71 bits per heavy atom. The number of nitrogens with one attached hydrogen (secondary N) is 1. The van der Waals surface area contributed by atoms with Gasteiger partial charge in [-0.3, -0.25) is 9.59 Å². The summed E-state index contributed by atoms with van der Waals surface area (Å²) in [5, 5.41) is 0.681. The number of hydrogen-bond acceptors (Lipinski definition) is 2. The average molecular weight is 381 g/mol. The predicted octanol–water partition coefficient (Wildman–Crippen LogP) is 3.44. The van der Waals surface area contributed by atoms with Crippen LogP contribution in [0.25, 0.3) is 16.5 Å². The van der Waals surface area contributed by atoms with Crippen molar-refractivity contribution in [2.75, 3.05) is 7.05 Å². The molecule has 0 saturated carbocycles. The van der Waals surface area contributed by atoms with Gasteiger partial charge in [-0.05, 0) is 63.2 Å². The number of rotatable bonds is 3. The van der Waals surface area contributed by atoms with Crippen LogP contribution in [0.3, 0.4) is 0 Å². The lowest BCUT2D eigenvalue weighted by Crippen LogP contribution is -2.36. The molecule has 28 heavy (non-hydrogen) atoms. The summed E-state index contributed by atoms with van der Waals surface area (Å²) in [7, 11) is 1.71. The maximum atomic E-state index is 15.2. The number of nitrogens with zero attached hydrogens (tertiary/aromatic N) is 1. The van der Waals surface area contributed by atoms with E-state index >= 15 is 4.39 Å². The number of aromatic amines is 1. The van der Waals surface area contributed by atoms with Crippen LogP contribution in [0.15, 0.2) is 12.1 Å². The van der Waals surface area contributed by atoms with Crippen LogP contribution in [-0.4, -0.2) is 34.8 Å². The lowest BCUT2D eigenvalue weighted by molar-refractivity contribution is -0.125. The first-order valence-electron chi connectivity index (χ1n) is 9.28. The average Bonchev–Trinajstić information content (AvgIpc) is 2.95. The molecule has 1 unspecified atom stereocenters. The Morgan fingerprint density at radius 2 is 2.07 bits per heavy atom. The van der Waals surface area contributed by atoms with Gasteiger partial charge in [0.05, 0.1) is 17.1 Å². The Labute approximate surface area is 163 Å². The van der Waals surface area contributed by atoms with Crippen LogP contribution < -0.4 is 5.73 Å². The number of benzene rings is 1. The first kappa shape index (κ1) is 19.7. The molecule has 0 spiro atoms. The summed E-state index contributed by atoms with van der Waals surface area (Å²) in [6.07, 6.45) is 4.27. The Kier molecular flexibility index (Phi) is 5.28. The second kappa shape index (κ2) is 7.51. The van der Waals surface area contributed by atoms with Gasteiger partial charge in [-0.1, -0.05) is 12.0 Å². The molecule has 1 aliphatic carbocycles. The van der Waals surface area contributed by atoms with E-state index in [1.807, 2.05) is 19.9 Å². The zero-order chi connectivity index (χ0) is 20.6. The molecule has 1 aliphatic rings. The van der Waals surface area contributed by atoms with Gasteiger partial charge in [0.2, 0.25) is 0 Å². The minimum absolute atomic E-state index is 0.144. The van der Waals surface area contributed by atoms with E-state index in [4.69, 9.17) is 5.73 Å². The van der Waals surface area contributed by atoms with Crippen LogP contribution in [0.5, 0.6) is 0 Å². The van der Waals surface area contributed by atoms with E-state index in [0.717, 1.165) is 29.7 Å². The van der Waals surface area contributed by atoms with Gasteiger partial charge in [-0.25, -0.2) is 4.39 Å². The SMILES string of the molecule is CC#CC(=O)N(C)C1C=C(c2c(F)cc(C(N)=O)c3[nH]c(C)c(C)c23)CCC1. The molecule has 3 rings (SSSR count). The third kappa shape index (κ3) is 3.29. The van der Waals surface area contributed by atoms with E-state index in [0.29, 0.717) is 22.9 Å². The van der Waals surface area contributed by atoms with E-state index in [1.54, 1.807) is 18.9 Å². The van der Waals surface area contributed by atoms with Crippen molar-refractivity contribution in [3.63, 3.8) is 0 Å². The van der Waals surface area contributed by atoms with Crippen molar-refractivity contribution >= 4 is 28.3 Å². The van der Waals surface area contributed by atoms with Gasteiger partial charge in [-0.2, -0.15) is 0 Å². The molecular weight excluding hydrogens is 357 g/mol. The number of halogens is 1. The Balaban J connectivity index is 2.19. The van der Waals surface area contributed by atoms with Crippen molar-refractivity contribution in [3.8, 4) is 11.8 Å². The molecule has 0 radical (unpaired) electrons. The molecule has 5 nitrogen and oxygen atoms in total. The minimum atomic E-state index is -0.671. The molecule has 1 atom stereocenters. The summed E-state index contributed by atoms with van der Waals surface area (Å²) in [6, 6.07) is 1.06. The molecule has 2 amide bonds. The van der Waals surface area contributed by atoms with Crippen LogP contribution in [0, 0.1) is 31.5 Å². The number of aryl methyl sites for hydroxylation is 2. The van der Waals surface area contributed by atoms with Crippen LogP contribution in [0.1, 0.15) is 53.4 Å². The lowest BCUT2D eigenvalue weighted by Gasteiger charge is -2.29. The lowest BCUT2D eigenvalue weighted by atomic mass is 9.87. The summed E-state index contributed by atoms with van der Waals surface area (Å²) in [4.78, 5) is 28.7. The number of H-pyrrole nitrogens is 1. The quantitative estimate of drug-likeness (QED) is 0.799. The molecule has 2 aromatic rings. The number of aromatic nitrogens is 1. The number of carbonyl (C=O) groups is 2. The Morgan fingerprint density at radius 1 is 1.36 bits per heavy atom. The molecule has 146 valence electrons. The van der Waals surface area contributed by atoms with Crippen molar-refractivity contribution in [1.29, 1.82) is 0 Å². The van der Waals surface area contributed by atoms with Crippen LogP contribution >= 0.6 is 0 Å². The molecule has 1 aromatic heterocycles. The molecule has 1 heterocycles. The molecule has 0 bridgehead atoms. The van der Waals surface area contributed by atoms with Crippen molar-refractivity contribution in [3.05, 3.63) is 40.3 Å². The minimum Gasteiger partial charge on any atom is -0.366 e. The smallest absolute Gasteiger partial charge is 0.298 e. The van der Waals surface area contributed by atoms with Crippen LogP contribution in [0.4, 0.5) is 4.39 Å². The highest BCUT2D eigenvalue weighted by atomic mass is 19.1. The highest BCUT2D eigenvalue weighted by Gasteiger charge is 2.26. The summed E-state index contributed by atoms with van der Waals surface area (Å²) < 4.78 is 15.2. The fourth-order valence-corrected chi connectivity index (χ4v) is 3.89. The largest absolute Gasteiger partial charge is 0.366 e. The van der Waals surface area contributed by atoms with Crippen molar-refractivity contribution in [2.24, 2.45) is 5.73 Å². The molecule has 6 heteroatoms. The molecular formula is C22H24FN3O2. The van der Waals surface area contributed by atoms with Gasteiger partial charge in [0.1, 0.15) is 5.82 Å². The van der Waals surface area contributed by atoms with Gasteiger partial charge in [0.15, 0.2) is 0 Å². The van der Waals surface area contributed by atoms with Crippen LogP contribution in [0.2, 0.25) is 0 Å². The first-order chi connectivity index (χ1) is 13.3. The van der Waals surface area contributed by atoms with E-state index in [9.17, 15) is 9.59 Å². The van der Waals surface area contributed by atoms with Crippen LogP contribution in [-0.2, 0) is 4.79 Å². The van der Waals surface area contributed by atoms with E-state index in [1.165, 1.54) is 6.07 Å². The second-order valence-electron chi connectivity index (χ2n) is 7.21. The standard InChI is InChI=1S/C22H24FN3O2/c1-5-7-18(27)26(4)15-9-6-8-14(10-15)20-17(23)11-16(22(24)28)21-19(20)12(2)13(3)25-21/h10-11,15,25H,6,8-9H2,1-4H3,(H2,24,28). The summed E-state index contributed by atoms with van der Waals surface area (Å²) in [5.41, 5.74) is 9.23. The van der Waals surface area contributed by atoms with Crippen molar-refractivity contribution in [2.45, 2.75) is 46.1 Å².